The van der Waals surface area contributed by atoms with Gasteiger partial charge in [-0.25, -0.2) is 9.97 Å². The summed E-state index contributed by atoms with van der Waals surface area (Å²) in [5, 5.41) is 22.8. The molecule has 1 aliphatic carbocycles. The highest BCUT2D eigenvalue weighted by Crippen LogP contribution is 2.47. The first-order chi connectivity index (χ1) is 22.0. The van der Waals surface area contributed by atoms with Gasteiger partial charge >= 0.3 is 0 Å². The highest BCUT2D eigenvalue weighted by Gasteiger charge is 2.51. The molecule has 1 saturated carbocycles. The van der Waals surface area contributed by atoms with Crippen LogP contribution in [0, 0.1) is 16.7 Å². The minimum atomic E-state index is -0.547. The maximum atomic E-state index is 12.7. The number of aromatic nitrogens is 3. The zero-order chi connectivity index (χ0) is 30.8. The van der Waals surface area contributed by atoms with E-state index in [0.29, 0.717) is 60.6 Å². The fourth-order valence-electron chi connectivity index (χ4n) is 6.30. The highest BCUT2D eigenvalue weighted by atomic mass is 16.5. The van der Waals surface area contributed by atoms with Crippen molar-refractivity contribution in [3.63, 3.8) is 0 Å². The molecule has 0 atom stereocenters. The van der Waals surface area contributed by atoms with Gasteiger partial charge in [-0.15, -0.1) is 0 Å². The van der Waals surface area contributed by atoms with Crippen molar-refractivity contribution in [2.24, 2.45) is 5.41 Å². The van der Waals surface area contributed by atoms with E-state index in [1.54, 1.807) is 12.1 Å². The number of anilines is 3. The second-order valence-corrected chi connectivity index (χ2v) is 12.4. The Bertz CT molecular complexity index is 1550. The number of carbonyl (C=O) groups is 1. The first-order valence-electron chi connectivity index (χ1n) is 15.8. The smallest absolute Gasteiger partial charge is 0.231 e. The molecule has 12 nitrogen and oxygen atoms in total. The summed E-state index contributed by atoms with van der Waals surface area (Å²) in [5.41, 5.74) is 2.61. The monoisotopic (exact) mass is 610 g/mol. The van der Waals surface area contributed by atoms with Crippen LogP contribution in [-0.2, 0) is 9.53 Å². The SMILES string of the molecule is N#Cc1cc(-c2ncnc(Nc3ccc(N4CCN(C5COC5)CC4)cc3)n2)ccc1OC1CCN(C(=O)C2(CO)CC2)CC1. The Hall–Kier alpha value is -4.31. The van der Waals surface area contributed by atoms with Gasteiger partial charge in [-0.2, -0.15) is 10.2 Å². The van der Waals surface area contributed by atoms with Gasteiger partial charge < -0.3 is 29.7 Å². The second-order valence-electron chi connectivity index (χ2n) is 12.4. The van der Waals surface area contributed by atoms with E-state index in [0.717, 1.165) is 57.9 Å². The highest BCUT2D eigenvalue weighted by molar-refractivity contribution is 5.85. The number of aliphatic hydroxyl groups excluding tert-OH is 1. The molecule has 2 aromatic carbocycles. The van der Waals surface area contributed by atoms with Gasteiger partial charge in [-0.05, 0) is 55.3 Å². The average molecular weight is 611 g/mol. The molecule has 0 bridgehead atoms. The number of carbonyl (C=O) groups excluding carboxylic acids is 1. The van der Waals surface area contributed by atoms with Crippen LogP contribution in [0.1, 0.15) is 31.2 Å². The lowest BCUT2D eigenvalue weighted by atomic mass is 10.0. The molecule has 2 N–H and O–H groups in total. The summed E-state index contributed by atoms with van der Waals surface area (Å²) >= 11 is 0. The van der Waals surface area contributed by atoms with Gasteiger partial charge in [0.25, 0.3) is 0 Å². The third kappa shape index (κ3) is 6.29. The van der Waals surface area contributed by atoms with E-state index in [2.05, 4.69) is 48.3 Å². The molecule has 1 aromatic heterocycles. The number of nitrogens with one attached hydrogen (secondary N) is 1. The van der Waals surface area contributed by atoms with Crippen LogP contribution >= 0.6 is 0 Å². The molecule has 4 aliphatic rings. The fraction of sp³-hybridized carbons (Fsp3) is 0.485. The number of piperazine rings is 1. The number of amides is 1. The van der Waals surface area contributed by atoms with Gasteiger partial charge in [-0.1, -0.05) is 0 Å². The van der Waals surface area contributed by atoms with Crippen molar-refractivity contribution < 1.29 is 19.4 Å². The first kappa shape index (κ1) is 29.4. The molecule has 0 unspecified atom stereocenters. The van der Waals surface area contributed by atoms with Crippen LogP contribution in [0.2, 0.25) is 0 Å². The van der Waals surface area contributed by atoms with Crippen LogP contribution in [0.4, 0.5) is 17.3 Å². The van der Waals surface area contributed by atoms with Gasteiger partial charge in [0.2, 0.25) is 11.9 Å². The molecule has 45 heavy (non-hydrogen) atoms. The van der Waals surface area contributed by atoms with Crippen molar-refractivity contribution in [3.05, 3.63) is 54.4 Å². The van der Waals surface area contributed by atoms with Crippen LogP contribution in [0.3, 0.4) is 0 Å². The number of likely N-dealkylation sites (tertiary alicyclic amines) is 1. The Labute approximate surface area is 262 Å². The van der Waals surface area contributed by atoms with Crippen LogP contribution in [0.25, 0.3) is 11.4 Å². The number of nitrogens with zero attached hydrogens (tertiary/aromatic N) is 7. The second kappa shape index (κ2) is 12.6. The molecule has 12 heteroatoms. The molecule has 3 aromatic rings. The number of aliphatic hydroxyl groups is 1. The molecule has 3 saturated heterocycles. The molecule has 234 valence electrons. The zero-order valence-electron chi connectivity index (χ0n) is 25.3. The maximum Gasteiger partial charge on any atom is 0.231 e. The predicted molar refractivity (Wildman–Crippen MR) is 167 cm³/mol. The van der Waals surface area contributed by atoms with Crippen LogP contribution < -0.4 is 15.0 Å². The number of hydrogen-bond donors (Lipinski definition) is 2. The van der Waals surface area contributed by atoms with Crippen molar-refractivity contribution in [1.29, 1.82) is 5.26 Å². The van der Waals surface area contributed by atoms with E-state index in [4.69, 9.17) is 9.47 Å². The van der Waals surface area contributed by atoms with Gasteiger partial charge in [0.15, 0.2) is 5.82 Å². The molecule has 3 aliphatic heterocycles. The van der Waals surface area contributed by atoms with Gasteiger partial charge in [0.05, 0.1) is 36.8 Å². The summed E-state index contributed by atoms with van der Waals surface area (Å²) < 4.78 is 11.6. The lowest BCUT2D eigenvalue weighted by Crippen LogP contribution is -2.56. The number of ether oxygens (including phenoxy) is 2. The molecule has 0 radical (unpaired) electrons. The summed E-state index contributed by atoms with van der Waals surface area (Å²) in [7, 11) is 0. The van der Waals surface area contributed by atoms with Crippen LogP contribution in [0.15, 0.2) is 48.8 Å². The number of nitriles is 1. The van der Waals surface area contributed by atoms with Crippen LogP contribution in [-0.4, -0.2) is 107 Å². The Kier molecular flexibility index (Phi) is 8.23. The topological polar surface area (TPSA) is 140 Å². The normalized spacial score (nSPS) is 20.3. The fourth-order valence-corrected chi connectivity index (χ4v) is 6.30. The van der Waals surface area contributed by atoms with Crippen LogP contribution in [0.5, 0.6) is 5.75 Å². The number of benzene rings is 2. The molecule has 0 spiro atoms. The quantitative estimate of drug-likeness (QED) is 0.370. The van der Waals surface area contributed by atoms with Crippen molar-refractivity contribution >= 4 is 23.2 Å². The van der Waals surface area contributed by atoms with Crippen molar-refractivity contribution in [1.82, 2.24) is 24.8 Å². The number of piperidine rings is 1. The Balaban J connectivity index is 0.951. The summed E-state index contributed by atoms with van der Waals surface area (Å²) in [6.07, 6.45) is 4.24. The van der Waals surface area contributed by atoms with E-state index in [-0.39, 0.29) is 18.6 Å². The molecule has 1 amide bonds. The van der Waals surface area contributed by atoms with E-state index in [9.17, 15) is 15.2 Å². The third-order valence-electron chi connectivity index (χ3n) is 9.50. The first-order valence-corrected chi connectivity index (χ1v) is 15.8. The molecule has 7 rings (SSSR count). The third-order valence-corrected chi connectivity index (χ3v) is 9.50. The minimum Gasteiger partial charge on any atom is -0.489 e. The lowest BCUT2D eigenvalue weighted by Gasteiger charge is -2.43. The molecular weight excluding hydrogens is 572 g/mol. The minimum absolute atomic E-state index is 0.0539. The largest absolute Gasteiger partial charge is 0.489 e. The van der Waals surface area contributed by atoms with E-state index in [1.165, 1.54) is 12.0 Å². The summed E-state index contributed by atoms with van der Waals surface area (Å²) in [5.74, 6) is 1.43. The van der Waals surface area contributed by atoms with E-state index < -0.39 is 5.41 Å². The van der Waals surface area contributed by atoms with Crippen molar-refractivity contribution in [2.45, 2.75) is 37.8 Å². The maximum absolute atomic E-state index is 12.7. The van der Waals surface area contributed by atoms with Gasteiger partial charge in [0.1, 0.15) is 24.3 Å². The Morgan fingerprint density at radius 1 is 1.04 bits per heavy atom. The Morgan fingerprint density at radius 3 is 2.44 bits per heavy atom. The average Bonchev–Trinajstić information content (AvgIpc) is 3.87. The summed E-state index contributed by atoms with van der Waals surface area (Å²) in [4.78, 5) is 32.8. The molecule has 4 fully saturated rings. The number of rotatable bonds is 9. The number of hydrogen-bond acceptors (Lipinski definition) is 11. The molecule has 4 heterocycles. The van der Waals surface area contributed by atoms with E-state index in [1.807, 2.05) is 23.1 Å². The lowest BCUT2D eigenvalue weighted by molar-refractivity contribution is -0.140. The van der Waals surface area contributed by atoms with Gasteiger partial charge in [-0.3, -0.25) is 9.69 Å². The van der Waals surface area contributed by atoms with Crippen molar-refractivity contribution in [2.75, 3.05) is 69.3 Å². The summed E-state index contributed by atoms with van der Waals surface area (Å²) in [6, 6.07) is 16.5. The Morgan fingerprint density at radius 2 is 1.80 bits per heavy atom. The predicted octanol–water partition coefficient (Wildman–Crippen LogP) is 2.82. The standard InChI is InChI=1S/C33H38N8O4/c34-18-24-17-23(1-6-29(24)45-28-7-11-41(12-8-28)31(43)33(21-42)9-10-33)30-35-22-36-32(38-30)37-25-2-4-26(5-3-25)39-13-15-40(16-14-39)27-19-44-20-27/h1-6,17,22,27-28,42H,7-16,19-21H2,(H,35,36,37,38). The van der Waals surface area contributed by atoms with Crippen molar-refractivity contribution in [3.8, 4) is 23.2 Å². The molecular formula is C33H38N8O4. The van der Waals surface area contributed by atoms with Gasteiger partial charge in [0, 0.05) is 69.0 Å². The van der Waals surface area contributed by atoms with E-state index >= 15 is 0 Å². The summed E-state index contributed by atoms with van der Waals surface area (Å²) in [6.45, 7) is 6.91. The zero-order valence-corrected chi connectivity index (χ0v) is 25.3.